The fraction of sp³-hybridized carbons (Fsp3) is 0.435. The van der Waals surface area contributed by atoms with Crippen molar-refractivity contribution in [1.82, 2.24) is 20.2 Å². The van der Waals surface area contributed by atoms with E-state index in [1.165, 1.54) is 25.7 Å². The quantitative estimate of drug-likeness (QED) is 0.565. The topological polar surface area (TPSA) is 65.4 Å². The Morgan fingerprint density at radius 3 is 2.81 bits per heavy atom. The molecule has 1 aromatic heterocycles. The van der Waals surface area contributed by atoms with E-state index in [1.54, 1.807) is 11.8 Å². The van der Waals surface area contributed by atoms with E-state index < -0.39 is 0 Å². The summed E-state index contributed by atoms with van der Waals surface area (Å²) in [5, 5.41) is 7.59. The van der Waals surface area contributed by atoms with Crippen LogP contribution in [0.5, 0.6) is 0 Å². The van der Waals surface area contributed by atoms with Gasteiger partial charge in [-0.05, 0) is 37.8 Å². The highest BCUT2D eigenvalue weighted by atomic mass is 35.5. The van der Waals surface area contributed by atoms with Crippen LogP contribution in [-0.4, -0.2) is 59.7 Å². The summed E-state index contributed by atoms with van der Waals surface area (Å²) in [6, 6.07) is 10.2. The molecule has 6 nitrogen and oxygen atoms in total. The predicted molar refractivity (Wildman–Crippen MR) is 133 cm³/mol. The maximum Gasteiger partial charge on any atom is 0.223 e. The Bertz CT molecular complexity index is 922. The van der Waals surface area contributed by atoms with Crippen LogP contribution in [0.1, 0.15) is 36.9 Å². The Labute approximate surface area is 193 Å². The lowest BCUT2D eigenvalue weighted by atomic mass is 10.1. The highest BCUT2D eigenvalue weighted by Crippen LogP contribution is 2.36. The molecule has 1 aromatic carbocycles. The summed E-state index contributed by atoms with van der Waals surface area (Å²) in [5.74, 6) is 1.55. The van der Waals surface area contributed by atoms with E-state index in [0.29, 0.717) is 17.0 Å². The smallest absolute Gasteiger partial charge is 0.223 e. The number of piperazine rings is 1. The summed E-state index contributed by atoms with van der Waals surface area (Å²) >= 11 is 8.02. The summed E-state index contributed by atoms with van der Waals surface area (Å²) < 4.78 is 0. The van der Waals surface area contributed by atoms with Crippen molar-refractivity contribution in [3.05, 3.63) is 52.8 Å². The molecule has 1 saturated heterocycles. The van der Waals surface area contributed by atoms with Crippen LogP contribution in [0.15, 0.2) is 41.5 Å². The second-order valence-electron chi connectivity index (χ2n) is 7.88. The van der Waals surface area contributed by atoms with Gasteiger partial charge in [-0.3, -0.25) is 9.89 Å². The van der Waals surface area contributed by atoms with Crippen molar-refractivity contribution < 1.29 is 0 Å². The van der Waals surface area contributed by atoms with E-state index >= 15 is 0 Å². The van der Waals surface area contributed by atoms with Gasteiger partial charge in [-0.1, -0.05) is 36.6 Å². The summed E-state index contributed by atoms with van der Waals surface area (Å²) in [5.41, 5.74) is 2.60. The number of nitrogens with zero attached hydrogens (tertiary/aromatic N) is 4. The number of aromatic nitrogens is 2. The maximum atomic E-state index is 6.27. The molecular weight excluding hydrogens is 428 g/mol. The van der Waals surface area contributed by atoms with E-state index in [0.717, 1.165) is 53.9 Å². The number of nitrogens with one attached hydrogen (secondary N) is 2. The van der Waals surface area contributed by atoms with E-state index in [2.05, 4.69) is 32.2 Å². The minimum absolute atomic E-state index is 0.459. The highest BCUT2D eigenvalue weighted by Gasteiger charge is 2.19. The molecule has 4 rings (SSSR count). The fourth-order valence-electron chi connectivity index (χ4n) is 4.00. The van der Waals surface area contributed by atoms with Crippen molar-refractivity contribution in [2.75, 3.05) is 37.4 Å². The Morgan fingerprint density at radius 1 is 1.26 bits per heavy atom. The van der Waals surface area contributed by atoms with Gasteiger partial charge >= 0.3 is 0 Å². The molecule has 2 aromatic rings. The molecule has 1 aliphatic heterocycles. The van der Waals surface area contributed by atoms with Crippen LogP contribution in [0.3, 0.4) is 0 Å². The van der Waals surface area contributed by atoms with Crippen molar-refractivity contribution in [2.24, 2.45) is 4.99 Å². The van der Waals surface area contributed by atoms with Gasteiger partial charge in [0, 0.05) is 54.9 Å². The van der Waals surface area contributed by atoms with Crippen LogP contribution in [0, 0.1) is 0 Å². The van der Waals surface area contributed by atoms with Crippen LogP contribution in [-0.2, 0) is 0 Å². The van der Waals surface area contributed by atoms with E-state index in [-0.39, 0.29) is 0 Å². The second kappa shape index (κ2) is 11.1. The van der Waals surface area contributed by atoms with Crippen molar-refractivity contribution in [2.45, 2.75) is 31.7 Å². The number of rotatable bonds is 8. The third kappa shape index (κ3) is 6.07. The number of halogens is 1. The minimum atomic E-state index is 0.459. The molecule has 0 amide bonds. The molecule has 2 N–H and O–H groups in total. The third-order valence-electron chi connectivity index (χ3n) is 5.65. The van der Waals surface area contributed by atoms with E-state index in [1.807, 2.05) is 36.5 Å². The number of anilines is 1. The van der Waals surface area contributed by atoms with Gasteiger partial charge in [0.25, 0.3) is 0 Å². The van der Waals surface area contributed by atoms with Gasteiger partial charge in [0.15, 0.2) is 0 Å². The van der Waals surface area contributed by atoms with E-state index in [4.69, 9.17) is 16.6 Å². The van der Waals surface area contributed by atoms with Crippen LogP contribution in [0.2, 0.25) is 5.02 Å². The summed E-state index contributed by atoms with van der Waals surface area (Å²) in [7, 11) is 0. The van der Waals surface area contributed by atoms with Gasteiger partial charge in [0.1, 0.15) is 0 Å². The lowest BCUT2D eigenvalue weighted by Crippen LogP contribution is -2.43. The Hall–Kier alpha value is -1.93. The third-order valence-corrected chi connectivity index (χ3v) is 7.07. The van der Waals surface area contributed by atoms with Gasteiger partial charge in [0.05, 0.1) is 16.3 Å². The predicted octanol–water partition coefficient (Wildman–Crippen LogP) is 4.61. The highest BCUT2D eigenvalue weighted by molar-refractivity contribution is 8.08. The number of thioether (sulfide) groups is 1. The molecule has 0 unspecified atom stereocenters. The molecule has 2 fully saturated rings. The molecule has 0 bridgehead atoms. The first kappa shape index (κ1) is 22.3. The molecule has 1 aliphatic carbocycles. The molecule has 164 valence electrons. The van der Waals surface area contributed by atoms with Crippen molar-refractivity contribution in [3.63, 3.8) is 0 Å². The van der Waals surface area contributed by atoms with Crippen LogP contribution in [0.25, 0.3) is 10.6 Å². The number of hydrogen-bond donors (Lipinski definition) is 2. The molecule has 0 atom stereocenters. The molecular formula is C23H29ClN6S. The van der Waals surface area contributed by atoms with Gasteiger partial charge in [-0.15, -0.1) is 11.8 Å². The van der Waals surface area contributed by atoms with Gasteiger partial charge in [-0.2, -0.15) is 0 Å². The zero-order valence-corrected chi connectivity index (χ0v) is 19.3. The summed E-state index contributed by atoms with van der Waals surface area (Å²) in [4.78, 5) is 17.2. The van der Waals surface area contributed by atoms with Gasteiger partial charge in [0.2, 0.25) is 5.95 Å². The normalized spacial score (nSPS) is 18.6. The van der Waals surface area contributed by atoms with Crippen molar-refractivity contribution >= 4 is 46.6 Å². The second-order valence-corrected chi connectivity index (χ2v) is 9.27. The van der Waals surface area contributed by atoms with Gasteiger partial charge in [-0.25, -0.2) is 9.97 Å². The van der Waals surface area contributed by atoms with Gasteiger partial charge < -0.3 is 10.6 Å². The molecule has 2 aliphatic rings. The number of hydrogen-bond acceptors (Lipinski definition) is 7. The maximum absolute atomic E-state index is 6.27. The molecule has 2 heterocycles. The first-order chi connectivity index (χ1) is 15.2. The van der Waals surface area contributed by atoms with E-state index in [9.17, 15) is 0 Å². The zero-order chi connectivity index (χ0) is 21.5. The monoisotopic (exact) mass is 456 g/mol. The minimum Gasteiger partial charge on any atom is -0.351 e. The summed E-state index contributed by atoms with van der Waals surface area (Å²) in [6.07, 6.45) is 6.71. The van der Waals surface area contributed by atoms with Crippen molar-refractivity contribution in [3.8, 4) is 0 Å². The zero-order valence-electron chi connectivity index (χ0n) is 17.7. The number of aliphatic imine (C=N–C) groups is 1. The first-order valence-electron chi connectivity index (χ1n) is 10.9. The average molecular weight is 457 g/mol. The average Bonchev–Trinajstić information content (AvgIpc) is 3.30. The Kier molecular flexibility index (Phi) is 7.97. The molecule has 0 radical (unpaired) electrons. The molecule has 0 spiro atoms. The molecule has 1 saturated carbocycles. The molecule has 31 heavy (non-hydrogen) atoms. The number of benzene rings is 1. The molecule has 8 heteroatoms. The fourth-order valence-corrected chi connectivity index (χ4v) is 5.34. The van der Waals surface area contributed by atoms with Crippen LogP contribution < -0.4 is 10.6 Å². The Balaban J connectivity index is 1.66. The Morgan fingerprint density at radius 2 is 2.06 bits per heavy atom. The SMILES string of the molecule is C=N/C(=C(\SCN1CCNCC1)c1ccnc(NC2CCCC2)n1)c1cccc(Cl)c1. The standard InChI is InChI=1S/C23H29ClN6S/c1-25-21(17-5-4-6-18(24)15-17)22(31-16-30-13-11-26-12-14-30)20-9-10-27-23(29-20)28-19-7-2-3-8-19/h4-6,9-10,15,19,26H,1-3,7-8,11-14,16H2,(H,27,28,29)/b22-21-. The largest absolute Gasteiger partial charge is 0.351 e. The lowest BCUT2D eigenvalue weighted by molar-refractivity contribution is 0.280. The lowest BCUT2D eigenvalue weighted by Gasteiger charge is -2.27. The van der Waals surface area contributed by atoms with Crippen LogP contribution in [0.4, 0.5) is 5.95 Å². The summed E-state index contributed by atoms with van der Waals surface area (Å²) in [6.45, 7) is 7.97. The first-order valence-corrected chi connectivity index (χ1v) is 12.2. The van der Waals surface area contributed by atoms with Crippen LogP contribution >= 0.6 is 23.4 Å². The van der Waals surface area contributed by atoms with Crippen molar-refractivity contribution in [1.29, 1.82) is 0 Å².